The minimum atomic E-state index is 0.201. The van der Waals surface area contributed by atoms with Gasteiger partial charge in [-0.1, -0.05) is 0 Å². The van der Waals surface area contributed by atoms with E-state index in [9.17, 15) is 0 Å². The minimum Gasteiger partial charge on any atom is -0.496 e. The topological polar surface area (TPSA) is 56.8 Å². The first-order valence-corrected chi connectivity index (χ1v) is 4.17. The Morgan fingerprint density at radius 2 is 2.07 bits per heavy atom. The van der Waals surface area contributed by atoms with Crippen LogP contribution in [0.15, 0.2) is 12.1 Å². The van der Waals surface area contributed by atoms with Gasteiger partial charge in [0.25, 0.3) is 0 Å². The van der Waals surface area contributed by atoms with Crippen LogP contribution < -0.4 is 4.74 Å². The summed E-state index contributed by atoms with van der Waals surface area (Å²) in [6, 6.07) is 7.67. The maximum absolute atomic E-state index is 8.87. The van der Waals surface area contributed by atoms with E-state index < -0.39 is 0 Å². The van der Waals surface area contributed by atoms with Gasteiger partial charge in [0, 0.05) is 5.56 Å². The molecule has 3 heteroatoms. The Morgan fingerprint density at radius 1 is 1.36 bits per heavy atom. The van der Waals surface area contributed by atoms with Gasteiger partial charge in [0.05, 0.1) is 31.2 Å². The smallest absolute Gasteiger partial charge is 0.124 e. The summed E-state index contributed by atoms with van der Waals surface area (Å²) in [7, 11) is 1.54. The third-order valence-corrected chi connectivity index (χ3v) is 1.95. The lowest BCUT2D eigenvalue weighted by Gasteiger charge is -2.08. The molecule has 0 radical (unpaired) electrons. The molecule has 1 aromatic rings. The standard InChI is InChI=1S/C11H10N2O/c1-8-5-9(7-13)10(3-4-12)11(6-8)14-2/h5-6H,3H2,1-2H3. The van der Waals surface area contributed by atoms with Gasteiger partial charge in [-0.05, 0) is 24.6 Å². The van der Waals surface area contributed by atoms with Crippen LogP contribution in [-0.2, 0) is 6.42 Å². The van der Waals surface area contributed by atoms with E-state index in [1.165, 1.54) is 7.11 Å². The van der Waals surface area contributed by atoms with Gasteiger partial charge in [0.1, 0.15) is 5.75 Å². The summed E-state index contributed by atoms with van der Waals surface area (Å²) in [6.45, 7) is 1.89. The molecule has 0 saturated heterocycles. The van der Waals surface area contributed by atoms with E-state index in [0.29, 0.717) is 16.9 Å². The van der Waals surface area contributed by atoms with Crippen molar-refractivity contribution in [2.75, 3.05) is 7.11 Å². The molecule has 70 valence electrons. The third kappa shape index (κ3) is 1.84. The Kier molecular flexibility index (Phi) is 3.09. The van der Waals surface area contributed by atoms with Gasteiger partial charge in [-0.25, -0.2) is 0 Å². The summed E-state index contributed by atoms with van der Waals surface area (Å²) in [5.41, 5.74) is 2.14. The predicted octanol–water partition coefficient (Wildman–Crippen LogP) is 1.94. The zero-order valence-corrected chi connectivity index (χ0v) is 8.16. The number of methoxy groups -OCH3 is 1. The van der Waals surface area contributed by atoms with Crippen molar-refractivity contribution in [1.82, 2.24) is 0 Å². The molecule has 1 rings (SSSR count). The normalized spacial score (nSPS) is 8.86. The molecule has 0 fully saturated rings. The number of benzene rings is 1. The number of hydrogen-bond donors (Lipinski definition) is 0. The minimum absolute atomic E-state index is 0.201. The fraction of sp³-hybridized carbons (Fsp3) is 0.273. The van der Waals surface area contributed by atoms with E-state index in [1.54, 1.807) is 6.07 Å². The van der Waals surface area contributed by atoms with Gasteiger partial charge in [-0.15, -0.1) is 0 Å². The van der Waals surface area contributed by atoms with Crippen molar-refractivity contribution in [3.8, 4) is 17.9 Å². The van der Waals surface area contributed by atoms with Gasteiger partial charge in [0.2, 0.25) is 0 Å². The largest absolute Gasteiger partial charge is 0.496 e. The van der Waals surface area contributed by atoms with Crippen molar-refractivity contribution >= 4 is 0 Å². The molecular weight excluding hydrogens is 176 g/mol. The van der Waals surface area contributed by atoms with E-state index in [-0.39, 0.29) is 6.42 Å². The Balaban J connectivity index is 3.36. The summed E-state index contributed by atoms with van der Waals surface area (Å²) in [6.07, 6.45) is 0.201. The van der Waals surface area contributed by atoms with Crippen LogP contribution in [0.3, 0.4) is 0 Å². The monoisotopic (exact) mass is 186 g/mol. The first-order valence-electron chi connectivity index (χ1n) is 4.17. The number of aryl methyl sites for hydroxylation is 1. The van der Waals surface area contributed by atoms with E-state index in [4.69, 9.17) is 15.3 Å². The fourth-order valence-corrected chi connectivity index (χ4v) is 1.33. The van der Waals surface area contributed by atoms with Gasteiger partial charge in [0.15, 0.2) is 0 Å². The van der Waals surface area contributed by atoms with Crippen LogP contribution in [0.25, 0.3) is 0 Å². The molecule has 0 heterocycles. The molecule has 0 saturated carbocycles. The SMILES string of the molecule is COc1cc(C)cc(C#N)c1CC#N. The molecule has 0 spiro atoms. The van der Waals surface area contributed by atoms with Crippen molar-refractivity contribution in [3.63, 3.8) is 0 Å². The summed E-state index contributed by atoms with van der Waals surface area (Å²) in [5, 5.41) is 17.5. The molecule has 3 nitrogen and oxygen atoms in total. The Bertz CT molecular complexity index is 424. The van der Waals surface area contributed by atoms with Crippen molar-refractivity contribution in [3.05, 3.63) is 28.8 Å². The lowest BCUT2D eigenvalue weighted by Crippen LogP contribution is -1.96. The highest BCUT2D eigenvalue weighted by atomic mass is 16.5. The highest BCUT2D eigenvalue weighted by molar-refractivity contribution is 5.50. The van der Waals surface area contributed by atoms with Gasteiger partial charge < -0.3 is 4.74 Å². The second-order valence-electron chi connectivity index (χ2n) is 2.94. The summed E-state index contributed by atoms with van der Waals surface area (Å²) >= 11 is 0. The first-order chi connectivity index (χ1) is 6.72. The molecule has 0 atom stereocenters. The van der Waals surface area contributed by atoms with Crippen molar-refractivity contribution in [2.24, 2.45) is 0 Å². The second-order valence-corrected chi connectivity index (χ2v) is 2.94. The number of nitrogens with zero attached hydrogens (tertiary/aromatic N) is 2. The number of rotatable bonds is 2. The fourth-order valence-electron chi connectivity index (χ4n) is 1.33. The summed E-state index contributed by atoms with van der Waals surface area (Å²) in [5.74, 6) is 0.614. The average Bonchev–Trinajstić information content (AvgIpc) is 2.20. The predicted molar refractivity (Wildman–Crippen MR) is 51.8 cm³/mol. The third-order valence-electron chi connectivity index (χ3n) is 1.95. The van der Waals surface area contributed by atoms with Crippen LogP contribution in [0.5, 0.6) is 5.75 Å². The van der Waals surface area contributed by atoms with E-state index in [2.05, 4.69) is 6.07 Å². The van der Waals surface area contributed by atoms with E-state index in [1.807, 2.05) is 19.1 Å². The molecule has 0 aliphatic heterocycles. The molecule has 0 N–H and O–H groups in total. The lowest BCUT2D eigenvalue weighted by atomic mass is 10.0. The molecule has 1 aromatic carbocycles. The van der Waals surface area contributed by atoms with Crippen LogP contribution >= 0.6 is 0 Å². The second kappa shape index (κ2) is 4.30. The molecule has 0 aliphatic rings. The van der Waals surface area contributed by atoms with Crippen molar-refractivity contribution in [2.45, 2.75) is 13.3 Å². The lowest BCUT2D eigenvalue weighted by molar-refractivity contribution is 0.410. The number of ether oxygens (including phenoxy) is 1. The average molecular weight is 186 g/mol. The van der Waals surface area contributed by atoms with Crippen molar-refractivity contribution < 1.29 is 4.74 Å². The van der Waals surface area contributed by atoms with Gasteiger partial charge >= 0.3 is 0 Å². The first kappa shape index (κ1) is 10.1. The highest BCUT2D eigenvalue weighted by Crippen LogP contribution is 2.24. The Labute approximate surface area is 83.2 Å². The zero-order valence-electron chi connectivity index (χ0n) is 8.16. The molecule has 14 heavy (non-hydrogen) atoms. The van der Waals surface area contributed by atoms with Crippen LogP contribution in [-0.4, -0.2) is 7.11 Å². The van der Waals surface area contributed by atoms with Crippen molar-refractivity contribution in [1.29, 1.82) is 10.5 Å². The molecular formula is C11H10N2O. The molecule has 0 amide bonds. The molecule has 0 aliphatic carbocycles. The molecule has 0 unspecified atom stereocenters. The zero-order chi connectivity index (χ0) is 10.6. The van der Waals surface area contributed by atoms with E-state index in [0.717, 1.165) is 5.56 Å². The van der Waals surface area contributed by atoms with E-state index >= 15 is 0 Å². The molecule has 0 aromatic heterocycles. The van der Waals surface area contributed by atoms with Crippen LogP contribution in [0.1, 0.15) is 16.7 Å². The Morgan fingerprint density at radius 3 is 2.57 bits per heavy atom. The quantitative estimate of drug-likeness (QED) is 0.709. The summed E-state index contributed by atoms with van der Waals surface area (Å²) < 4.78 is 5.12. The maximum atomic E-state index is 8.87. The maximum Gasteiger partial charge on any atom is 0.124 e. The van der Waals surface area contributed by atoms with Crippen LogP contribution in [0.2, 0.25) is 0 Å². The van der Waals surface area contributed by atoms with Crippen LogP contribution in [0.4, 0.5) is 0 Å². The highest BCUT2D eigenvalue weighted by Gasteiger charge is 2.09. The van der Waals surface area contributed by atoms with Gasteiger partial charge in [-0.2, -0.15) is 10.5 Å². The molecule has 0 bridgehead atoms. The summed E-state index contributed by atoms with van der Waals surface area (Å²) in [4.78, 5) is 0. The van der Waals surface area contributed by atoms with Gasteiger partial charge in [-0.3, -0.25) is 0 Å². The van der Waals surface area contributed by atoms with Crippen LogP contribution in [0, 0.1) is 29.6 Å². The number of nitriles is 2. The Hall–Kier alpha value is -2.00. The number of hydrogen-bond acceptors (Lipinski definition) is 3.